The number of nitrogens with zero attached hydrogens (tertiary/aromatic N) is 6. The molecule has 11 nitrogen and oxygen atoms in total. The zero-order valence-electron chi connectivity index (χ0n) is 24.0. The maximum Gasteiger partial charge on any atom is 0.166 e. The average molecular weight is 551 g/mol. The molecule has 1 unspecified atom stereocenters. The van der Waals surface area contributed by atoms with Crippen molar-refractivity contribution in [3.63, 3.8) is 0 Å². The molecule has 0 amide bonds. The Hall–Kier alpha value is -3.38. The summed E-state index contributed by atoms with van der Waals surface area (Å²) in [6, 6.07) is 3.96. The average Bonchev–Trinajstić information content (AvgIpc) is 3.54. The van der Waals surface area contributed by atoms with E-state index >= 15 is 0 Å². The minimum Gasteiger partial charge on any atom is -0.495 e. The second-order valence-corrected chi connectivity index (χ2v) is 10.5. The lowest BCUT2D eigenvalue weighted by atomic mass is 10.1. The molecule has 3 aromatic rings. The number of ether oxygens (including phenoxy) is 5. The second kappa shape index (κ2) is 12.0. The van der Waals surface area contributed by atoms with Gasteiger partial charge >= 0.3 is 0 Å². The minimum atomic E-state index is -0.766. The van der Waals surface area contributed by atoms with Gasteiger partial charge in [-0.15, -0.1) is 0 Å². The molecular formula is C29H38N6O5. The molecular weight excluding hydrogens is 512 g/mol. The predicted octanol–water partition coefficient (Wildman–Crippen LogP) is 2.55. The minimum absolute atomic E-state index is 0.117. The summed E-state index contributed by atoms with van der Waals surface area (Å²) in [5, 5.41) is 2.79. The zero-order chi connectivity index (χ0) is 28.3. The Kier molecular flexibility index (Phi) is 8.46. The van der Waals surface area contributed by atoms with Crippen molar-refractivity contribution < 1.29 is 23.7 Å². The summed E-state index contributed by atoms with van der Waals surface area (Å²) in [6.07, 6.45) is 11.5. The smallest absolute Gasteiger partial charge is 0.166 e. The van der Waals surface area contributed by atoms with Gasteiger partial charge in [-0.2, -0.15) is 0 Å². The fourth-order valence-corrected chi connectivity index (χ4v) is 5.06. The van der Waals surface area contributed by atoms with Crippen molar-refractivity contribution in [1.29, 1.82) is 0 Å². The molecule has 5 rings (SSSR count). The molecule has 0 radical (unpaired) electrons. The number of methoxy groups -OCH3 is 1. The highest BCUT2D eigenvalue weighted by Gasteiger charge is 2.41. The van der Waals surface area contributed by atoms with Gasteiger partial charge < -0.3 is 33.2 Å². The lowest BCUT2D eigenvalue weighted by molar-refractivity contribution is -0.244. The van der Waals surface area contributed by atoms with Crippen molar-refractivity contribution in [1.82, 2.24) is 24.4 Å². The van der Waals surface area contributed by atoms with E-state index in [1.807, 2.05) is 68.7 Å². The first-order valence-electron chi connectivity index (χ1n) is 13.6. The van der Waals surface area contributed by atoms with Crippen LogP contribution in [0.4, 0.5) is 5.82 Å². The van der Waals surface area contributed by atoms with E-state index in [9.17, 15) is 0 Å². The fourth-order valence-electron chi connectivity index (χ4n) is 5.06. The molecule has 4 atom stereocenters. The van der Waals surface area contributed by atoms with Crippen LogP contribution in [-0.2, 0) is 18.9 Å². The Morgan fingerprint density at radius 2 is 2.10 bits per heavy atom. The lowest BCUT2D eigenvalue weighted by Crippen LogP contribution is -2.40. The van der Waals surface area contributed by atoms with Crippen LogP contribution in [0.3, 0.4) is 0 Å². The molecule has 1 fully saturated rings. The van der Waals surface area contributed by atoms with E-state index in [1.54, 1.807) is 19.6 Å². The molecule has 1 aliphatic heterocycles. The standard InChI is InChI=1S/C29H38N6O5/c1-7-38-29(2,3)40-24-14-26(35-11-10-22-27(33-18-34(4)5)31-17-32-28(22)35)39-25(24)16-37-20-9-8-19-12-21(36-6)15-30-23(19)13-20/h8,10-13,15,17-18,20,24-26H,7,9,14,16H2,1-6H3/t20?,24-,25+,26+/m0/s1. The van der Waals surface area contributed by atoms with Crippen LogP contribution in [0.1, 0.15) is 39.8 Å². The highest BCUT2D eigenvalue weighted by molar-refractivity contribution is 5.87. The third kappa shape index (κ3) is 6.33. The highest BCUT2D eigenvalue weighted by atomic mass is 16.7. The first kappa shape index (κ1) is 28.2. The number of aliphatic imine (C=N–C) groups is 1. The molecule has 1 aliphatic carbocycles. The molecule has 0 saturated carbocycles. The first-order valence-corrected chi connectivity index (χ1v) is 13.6. The zero-order valence-corrected chi connectivity index (χ0v) is 24.0. The normalized spacial score (nSPS) is 22.8. The van der Waals surface area contributed by atoms with Crippen LogP contribution in [0, 0.1) is 0 Å². The van der Waals surface area contributed by atoms with Crippen LogP contribution in [-0.4, -0.2) is 89.3 Å². The van der Waals surface area contributed by atoms with Crippen LogP contribution in [0.15, 0.2) is 35.8 Å². The van der Waals surface area contributed by atoms with E-state index in [2.05, 4.69) is 26.0 Å². The Labute approximate surface area is 234 Å². The van der Waals surface area contributed by atoms with E-state index in [4.69, 9.17) is 23.7 Å². The van der Waals surface area contributed by atoms with Crippen molar-refractivity contribution in [2.24, 2.45) is 4.99 Å². The molecule has 0 aromatic carbocycles. The summed E-state index contributed by atoms with van der Waals surface area (Å²) >= 11 is 0. The summed E-state index contributed by atoms with van der Waals surface area (Å²) in [6.45, 7) is 6.71. The van der Waals surface area contributed by atoms with Crippen LogP contribution < -0.4 is 15.3 Å². The van der Waals surface area contributed by atoms with E-state index in [1.165, 1.54) is 6.33 Å². The number of aromatic nitrogens is 4. The third-order valence-corrected chi connectivity index (χ3v) is 6.87. The molecule has 11 heteroatoms. The van der Waals surface area contributed by atoms with Gasteiger partial charge in [0, 0.05) is 33.3 Å². The fraction of sp³-hybridized carbons (Fsp3) is 0.517. The number of hydrogen-bond acceptors (Lipinski definition) is 9. The van der Waals surface area contributed by atoms with Gasteiger partial charge in [0.25, 0.3) is 0 Å². The van der Waals surface area contributed by atoms with Gasteiger partial charge in [0.1, 0.15) is 30.1 Å². The summed E-state index contributed by atoms with van der Waals surface area (Å²) < 4.78 is 32.6. The van der Waals surface area contributed by atoms with Crippen molar-refractivity contribution >= 4 is 35.3 Å². The van der Waals surface area contributed by atoms with Gasteiger partial charge in [0.15, 0.2) is 11.6 Å². The van der Waals surface area contributed by atoms with Crippen LogP contribution in [0.2, 0.25) is 0 Å². The summed E-state index contributed by atoms with van der Waals surface area (Å²) in [5.41, 5.74) is 0.753. The van der Waals surface area contributed by atoms with Crippen LogP contribution in [0.25, 0.3) is 23.2 Å². The third-order valence-electron chi connectivity index (χ3n) is 6.87. The first-order chi connectivity index (χ1) is 19.3. The second-order valence-electron chi connectivity index (χ2n) is 10.5. The van der Waals surface area contributed by atoms with Gasteiger partial charge in [-0.05, 0) is 50.6 Å². The molecule has 40 heavy (non-hydrogen) atoms. The SMILES string of the molecule is CCOC(C)(C)O[C@H]1C[C@H](n2ccc3c(N=CN(C)C)ncnc32)O[C@@H]1COC1C=c2ncc(OC)cc2=CC1. The molecule has 0 spiro atoms. The van der Waals surface area contributed by atoms with Crippen LogP contribution in [0.5, 0.6) is 5.75 Å². The number of hydrogen-bond donors (Lipinski definition) is 0. The molecule has 3 aromatic heterocycles. The van der Waals surface area contributed by atoms with E-state index in [-0.39, 0.29) is 24.5 Å². The lowest BCUT2D eigenvalue weighted by Gasteiger charge is -2.31. The highest BCUT2D eigenvalue weighted by Crippen LogP contribution is 2.36. The predicted molar refractivity (Wildman–Crippen MR) is 152 cm³/mol. The quantitative estimate of drug-likeness (QED) is 0.202. The van der Waals surface area contributed by atoms with Crippen molar-refractivity contribution in [3.8, 4) is 5.75 Å². The van der Waals surface area contributed by atoms with Crippen molar-refractivity contribution in [2.45, 2.75) is 63.9 Å². The van der Waals surface area contributed by atoms with Gasteiger partial charge in [-0.1, -0.05) is 6.08 Å². The van der Waals surface area contributed by atoms with Gasteiger partial charge in [0.05, 0.1) is 49.2 Å². The summed E-state index contributed by atoms with van der Waals surface area (Å²) in [5.74, 6) is 0.582. The molecule has 2 aliphatic rings. The Balaban J connectivity index is 1.35. The van der Waals surface area contributed by atoms with E-state index in [0.717, 1.165) is 33.8 Å². The maximum absolute atomic E-state index is 6.57. The molecule has 0 N–H and O–H groups in total. The Morgan fingerprint density at radius 3 is 2.88 bits per heavy atom. The van der Waals surface area contributed by atoms with Crippen molar-refractivity contribution in [3.05, 3.63) is 41.4 Å². The Bertz CT molecular complexity index is 1470. The van der Waals surface area contributed by atoms with Gasteiger partial charge in [-0.3, -0.25) is 4.98 Å². The van der Waals surface area contributed by atoms with Crippen molar-refractivity contribution in [2.75, 3.05) is 34.4 Å². The largest absolute Gasteiger partial charge is 0.495 e. The topological polar surface area (TPSA) is 105 Å². The molecule has 4 heterocycles. The maximum atomic E-state index is 6.57. The monoisotopic (exact) mass is 550 g/mol. The molecule has 214 valence electrons. The summed E-state index contributed by atoms with van der Waals surface area (Å²) in [7, 11) is 5.48. The number of pyridine rings is 1. The van der Waals surface area contributed by atoms with Gasteiger partial charge in [-0.25, -0.2) is 15.0 Å². The van der Waals surface area contributed by atoms with Crippen LogP contribution >= 0.6 is 0 Å². The molecule has 1 saturated heterocycles. The van der Waals surface area contributed by atoms with E-state index < -0.39 is 5.79 Å². The summed E-state index contributed by atoms with van der Waals surface area (Å²) in [4.78, 5) is 19.8. The Morgan fingerprint density at radius 1 is 1.25 bits per heavy atom. The molecule has 0 bridgehead atoms. The van der Waals surface area contributed by atoms with Gasteiger partial charge in [0.2, 0.25) is 0 Å². The van der Waals surface area contributed by atoms with E-state index in [0.29, 0.717) is 25.5 Å². The number of rotatable bonds is 11. The number of fused-ring (bicyclic) bond motifs is 2.